The minimum atomic E-state index is 0.340. The van der Waals surface area contributed by atoms with E-state index in [1.165, 1.54) is 0 Å². The van der Waals surface area contributed by atoms with Gasteiger partial charge in [-0.1, -0.05) is 37.7 Å². The lowest BCUT2D eigenvalue weighted by molar-refractivity contribution is 0.416. The molecular weight excluding hydrogens is 292 g/mol. The lowest BCUT2D eigenvalue weighted by Gasteiger charge is -2.13. The molecule has 2 aromatic rings. The smallest absolute Gasteiger partial charge is 0.142 e. The normalized spacial score (nSPS) is 10.9. The van der Waals surface area contributed by atoms with Crippen molar-refractivity contribution in [3.05, 3.63) is 39.1 Å². The summed E-state index contributed by atoms with van der Waals surface area (Å²) in [6.45, 7) is 6.23. The van der Waals surface area contributed by atoms with Crippen molar-refractivity contribution in [1.29, 1.82) is 0 Å². The van der Waals surface area contributed by atoms with Gasteiger partial charge in [-0.15, -0.1) is 0 Å². The zero-order valence-electron chi connectivity index (χ0n) is 12.0. The lowest BCUT2D eigenvalue weighted by atomic mass is 10.0. The average Bonchev–Trinajstić information content (AvgIpc) is 2.37. The standard InChI is InChI=1S/C15H17ClN2OS/c1-8(2)13-9(3)17-14(18-15(13)20)11-6-5-10(16)7-12(11)19-4/h5-8H,1-4H3,(H,17,18,20). The summed E-state index contributed by atoms with van der Waals surface area (Å²) in [7, 11) is 1.61. The molecule has 0 bridgehead atoms. The summed E-state index contributed by atoms with van der Waals surface area (Å²) in [6, 6.07) is 5.45. The minimum absolute atomic E-state index is 0.340. The second-order valence-electron chi connectivity index (χ2n) is 4.93. The summed E-state index contributed by atoms with van der Waals surface area (Å²) in [5.41, 5.74) is 2.96. The first-order valence-electron chi connectivity index (χ1n) is 6.38. The van der Waals surface area contributed by atoms with Crippen molar-refractivity contribution in [2.75, 3.05) is 7.11 Å². The van der Waals surface area contributed by atoms with E-state index in [9.17, 15) is 0 Å². The fraction of sp³-hybridized carbons (Fsp3) is 0.333. The van der Waals surface area contributed by atoms with Crippen molar-refractivity contribution < 1.29 is 4.74 Å². The van der Waals surface area contributed by atoms with E-state index >= 15 is 0 Å². The maximum atomic E-state index is 5.98. The van der Waals surface area contributed by atoms with E-state index in [1.807, 2.05) is 19.1 Å². The number of nitrogens with zero attached hydrogens (tertiary/aromatic N) is 1. The lowest BCUT2D eigenvalue weighted by Crippen LogP contribution is -2.02. The van der Waals surface area contributed by atoms with Gasteiger partial charge in [0, 0.05) is 16.3 Å². The van der Waals surface area contributed by atoms with Crippen LogP contribution in [0.15, 0.2) is 18.2 Å². The summed E-state index contributed by atoms with van der Waals surface area (Å²) < 4.78 is 5.99. The number of methoxy groups -OCH3 is 1. The molecule has 3 nitrogen and oxygen atoms in total. The van der Waals surface area contributed by atoms with Crippen molar-refractivity contribution in [1.82, 2.24) is 9.97 Å². The molecule has 0 aliphatic carbocycles. The third kappa shape index (κ3) is 2.86. The molecule has 0 saturated heterocycles. The van der Waals surface area contributed by atoms with Gasteiger partial charge in [-0.25, -0.2) is 4.98 Å². The molecule has 20 heavy (non-hydrogen) atoms. The number of benzene rings is 1. The molecule has 2 rings (SSSR count). The van der Waals surface area contributed by atoms with Crippen molar-refractivity contribution in [3.8, 4) is 17.1 Å². The minimum Gasteiger partial charge on any atom is -0.496 e. The second-order valence-corrected chi connectivity index (χ2v) is 5.75. The SMILES string of the molecule is COc1cc(Cl)ccc1-c1nc(=S)c(C(C)C)c(C)[nH]1. The zero-order valence-corrected chi connectivity index (χ0v) is 13.5. The molecule has 5 heteroatoms. The first-order valence-corrected chi connectivity index (χ1v) is 7.17. The topological polar surface area (TPSA) is 37.9 Å². The number of halogens is 1. The Labute approximate surface area is 129 Å². The molecule has 0 unspecified atom stereocenters. The molecule has 0 fully saturated rings. The predicted octanol–water partition coefficient (Wildman–Crippen LogP) is 4.90. The molecule has 0 radical (unpaired) electrons. The van der Waals surface area contributed by atoms with Crippen LogP contribution in [0, 0.1) is 11.6 Å². The van der Waals surface area contributed by atoms with E-state index in [2.05, 4.69) is 23.8 Å². The van der Waals surface area contributed by atoms with Crippen molar-refractivity contribution >= 4 is 23.8 Å². The zero-order chi connectivity index (χ0) is 14.9. The van der Waals surface area contributed by atoms with Crippen LogP contribution in [0.25, 0.3) is 11.4 Å². The third-order valence-electron chi connectivity index (χ3n) is 3.15. The van der Waals surface area contributed by atoms with Crippen molar-refractivity contribution in [2.24, 2.45) is 0 Å². The van der Waals surface area contributed by atoms with E-state index in [4.69, 9.17) is 28.6 Å². The van der Waals surface area contributed by atoms with Crippen LogP contribution in [0.1, 0.15) is 31.0 Å². The monoisotopic (exact) mass is 308 g/mol. The van der Waals surface area contributed by atoms with Gasteiger partial charge in [0.2, 0.25) is 0 Å². The second kappa shape index (κ2) is 5.94. The van der Waals surface area contributed by atoms with Crippen LogP contribution in [0.5, 0.6) is 5.75 Å². The summed E-state index contributed by atoms with van der Waals surface area (Å²) in [5, 5.41) is 0.625. The molecule has 0 saturated carbocycles. The molecule has 106 valence electrons. The maximum Gasteiger partial charge on any atom is 0.142 e. The largest absolute Gasteiger partial charge is 0.496 e. The van der Waals surface area contributed by atoms with Crippen LogP contribution in [-0.4, -0.2) is 17.1 Å². The van der Waals surface area contributed by atoms with Gasteiger partial charge in [0.05, 0.1) is 12.7 Å². The number of aryl methyl sites for hydroxylation is 1. The number of ether oxygens (including phenoxy) is 1. The summed E-state index contributed by atoms with van der Waals surface area (Å²) in [5.74, 6) is 1.71. The Morgan fingerprint density at radius 1 is 1.35 bits per heavy atom. The highest BCUT2D eigenvalue weighted by Gasteiger charge is 2.13. The third-order valence-corrected chi connectivity index (χ3v) is 3.70. The van der Waals surface area contributed by atoms with Gasteiger partial charge in [-0.2, -0.15) is 0 Å². The number of nitrogens with one attached hydrogen (secondary N) is 1. The van der Waals surface area contributed by atoms with Gasteiger partial charge >= 0.3 is 0 Å². The van der Waals surface area contributed by atoms with E-state index in [-0.39, 0.29) is 0 Å². The molecule has 1 N–H and O–H groups in total. The molecule has 1 aromatic heterocycles. The van der Waals surface area contributed by atoms with E-state index in [0.717, 1.165) is 16.8 Å². The molecule has 1 heterocycles. The maximum absolute atomic E-state index is 5.98. The Morgan fingerprint density at radius 3 is 2.60 bits per heavy atom. The number of hydrogen-bond donors (Lipinski definition) is 1. The van der Waals surface area contributed by atoms with Gasteiger partial charge in [0.1, 0.15) is 16.2 Å². The fourth-order valence-electron chi connectivity index (χ4n) is 2.26. The Kier molecular flexibility index (Phi) is 4.45. The van der Waals surface area contributed by atoms with Crippen molar-refractivity contribution in [2.45, 2.75) is 26.7 Å². The van der Waals surface area contributed by atoms with Crippen LogP contribution in [0.3, 0.4) is 0 Å². The van der Waals surface area contributed by atoms with Gasteiger partial charge in [0.15, 0.2) is 0 Å². The van der Waals surface area contributed by atoms with Crippen LogP contribution in [0.4, 0.5) is 0 Å². The van der Waals surface area contributed by atoms with Crippen LogP contribution < -0.4 is 4.74 Å². The highest BCUT2D eigenvalue weighted by molar-refractivity contribution is 7.71. The number of H-pyrrole nitrogens is 1. The Bertz CT molecular complexity index is 695. The fourth-order valence-corrected chi connectivity index (χ4v) is 2.91. The molecule has 1 aromatic carbocycles. The molecule has 0 spiro atoms. The molecule has 0 aliphatic rings. The highest BCUT2D eigenvalue weighted by atomic mass is 35.5. The molecular formula is C15H17ClN2OS. The summed E-state index contributed by atoms with van der Waals surface area (Å²) in [4.78, 5) is 7.81. The number of hydrogen-bond acceptors (Lipinski definition) is 3. The van der Waals surface area contributed by atoms with Gasteiger partial charge in [0.25, 0.3) is 0 Å². The first-order chi connectivity index (χ1) is 9.43. The van der Waals surface area contributed by atoms with Crippen LogP contribution in [0.2, 0.25) is 5.02 Å². The summed E-state index contributed by atoms with van der Waals surface area (Å²) >= 11 is 11.4. The van der Waals surface area contributed by atoms with Gasteiger partial charge in [-0.3, -0.25) is 0 Å². The van der Waals surface area contributed by atoms with Crippen LogP contribution in [-0.2, 0) is 0 Å². The van der Waals surface area contributed by atoms with E-state index in [0.29, 0.717) is 27.2 Å². The Balaban J connectivity index is 2.63. The Hall–Kier alpha value is -1.39. The highest BCUT2D eigenvalue weighted by Crippen LogP contribution is 2.31. The Morgan fingerprint density at radius 2 is 2.05 bits per heavy atom. The number of rotatable bonds is 3. The molecule has 0 amide bonds. The van der Waals surface area contributed by atoms with Gasteiger partial charge in [-0.05, 0) is 31.0 Å². The van der Waals surface area contributed by atoms with Crippen LogP contribution >= 0.6 is 23.8 Å². The van der Waals surface area contributed by atoms with Gasteiger partial charge < -0.3 is 9.72 Å². The van der Waals surface area contributed by atoms with Crippen molar-refractivity contribution in [3.63, 3.8) is 0 Å². The summed E-state index contributed by atoms with van der Waals surface area (Å²) in [6.07, 6.45) is 0. The number of aromatic nitrogens is 2. The average molecular weight is 309 g/mol. The molecule has 0 aliphatic heterocycles. The first kappa shape index (κ1) is 15.0. The number of aromatic amines is 1. The quantitative estimate of drug-likeness (QED) is 0.819. The van der Waals surface area contributed by atoms with E-state index < -0.39 is 0 Å². The molecule has 0 atom stereocenters. The predicted molar refractivity (Wildman–Crippen MR) is 85.2 cm³/mol. The van der Waals surface area contributed by atoms with E-state index in [1.54, 1.807) is 13.2 Å².